The molecule has 1 aliphatic carbocycles. The summed E-state index contributed by atoms with van der Waals surface area (Å²) in [5.41, 5.74) is 9.82. The van der Waals surface area contributed by atoms with E-state index in [1.54, 1.807) is 11.3 Å². The quantitative estimate of drug-likeness (QED) is 0.597. The maximum absolute atomic E-state index is 6.83. The minimum atomic E-state index is -0.119. The predicted octanol–water partition coefficient (Wildman–Crippen LogP) is 4.67. The van der Waals surface area contributed by atoms with E-state index >= 15 is 0 Å². The zero-order chi connectivity index (χ0) is 22.4. The molecule has 3 aromatic rings. The van der Waals surface area contributed by atoms with Gasteiger partial charge in [0.2, 0.25) is 0 Å². The van der Waals surface area contributed by atoms with E-state index in [0.717, 1.165) is 61.4 Å². The molecule has 3 aliphatic rings. The van der Waals surface area contributed by atoms with Crippen molar-refractivity contribution in [3.63, 3.8) is 0 Å². The molecular formula is C27H34N4OS. The Bertz CT molecular complexity index is 1060. The van der Waals surface area contributed by atoms with Gasteiger partial charge < -0.3 is 20.3 Å². The third-order valence-corrected chi connectivity index (χ3v) is 8.93. The highest BCUT2D eigenvalue weighted by atomic mass is 32.1. The highest BCUT2D eigenvalue weighted by molar-refractivity contribution is 7.18. The molecule has 5 nitrogen and oxygen atoms in total. The topological polar surface area (TPSA) is 54.6 Å². The zero-order valence-corrected chi connectivity index (χ0v) is 20.2. The highest BCUT2D eigenvalue weighted by Gasteiger charge is 2.39. The molecule has 3 unspecified atom stereocenters. The van der Waals surface area contributed by atoms with Gasteiger partial charge in [-0.15, -0.1) is 11.3 Å². The summed E-state index contributed by atoms with van der Waals surface area (Å²) in [6.45, 7) is 4.44. The van der Waals surface area contributed by atoms with Gasteiger partial charge in [-0.05, 0) is 74.4 Å². The second-order valence-corrected chi connectivity index (χ2v) is 11.4. The van der Waals surface area contributed by atoms with Crippen LogP contribution in [0.3, 0.4) is 0 Å². The largest absolute Gasteiger partial charge is 0.371 e. The molecule has 3 heterocycles. The molecule has 3 atom stereocenters. The molecule has 0 bridgehead atoms. The Kier molecular flexibility index (Phi) is 5.87. The average molecular weight is 463 g/mol. The number of hydrogen-bond donors (Lipinski definition) is 1. The molecule has 2 aliphatic heterocycles. The Labute approximate surface area is 200 Å². The van der Waals surface area contributed by atoms with E-state index in [1.165, 1.54) is 28.8 Å². The number of aromatic nitrogens is 1. The summed E-state index contributed by atoms with van der Waals surface area (Å²) >= 11 is 1.77. The molecule has 3 fully saturated rings. The van der Waals surface area contributed by atoms with Crippen LogP contribution in [0.5, 0.6) is 0 Å². The van der Waals surface area contributed by atoms with Gasteiger partial charge in [0, 0.05) is 37.9 Å². The number of hydrogen-bond acceptors (Lipinski definition) is 6. The standard InChI is InChI=1S/C27H34N4OS/c1-30-11-9-23(10-12-30)32-26(27-29-24-7-2-3-8-25(24)33-27)18-5-4-6-22(15-18)31-16-19-13-21(28)14-20(19)17-31/h2-8,15,19-21,23,26H,9-14,16-17,28H2,1H3. The number of para-hydroxylation sites is 1. The smallest absolute Gasteiger partial charge is 0.134 e. The van der Waals surface area contributed by atoms with Gasteiger partial charge in [0.15, 0.2) is 0 Å². The lowest BCUT2D eigenvalue weighted by Crippen LogP contribution is -2.35. The van der Waals surface area contributed by atoms with Crippen LogP contribution >= 0.6 is 11.3 Å². The molecule has 0 amide bonds. The fourth-order valence-electron chi connectivity index (χ4n) is 6.04. The van der Waals surface area contributed by atoms with Gasteiger partial charge in [0.25, 0.3) is 0 Å². The average Bonchev–Trinajstić information content (AvgIpc) is 3.51. The van der Waals surface area contributed by atoms with Gasteiger partial charge in [0.05, 0.1) is 16.3 Å². The number of ether oxygens (including phenoxy) is 1. The van der Waals surface area contributed by atoms with Crippen LogP contribution in [0.1, 0.15) is 42.4 Å². The molecule has 174 valence electrons. The second-order valence-electron chi connectivity index (χ2n) is 10.3. The molecule has 2 aromatic carbocycles. The Morgan fingerprint density at radius 1 is 1.03 bits per heavy atom. The Morgan fingerprint density at radius 3 is 2.55 bits per heavy atom. The number of piperidine rings is 1. The van der Waals surface area contributed by atoms with E-state index in [4.69, 9.17) is 15.5 Å². The fourth-order valence-corrected chi connectivity index (χ4v) is 7.07. The Hall–Kier alpha value is -1.99. The second kappa shape index (κ2) is 8.99. The number of anilines is 1. The number of thiazole rings is 1. The maximum Gasteiger partial charge on any atom is 0.134 e. The number of nitrogens with zero attached hydrogens (tertiary/aromatic N) is 3. The summed E-state index contributed by atoms with van der Waals surface area (Å²) in [5.74, 6) is 1.50. The van der Waals surface area contributed by atoms with Gasteiger partial charge in [-0.2, -0.15) is 0 Å². The number of fused-ring (bicyclic) bond motifs is 2. The van der Waals surface area contributed by atoms with E-state index in [-0.39, 0.29) is 12.2 Å². The van der Waals surface area contributed by atoms with Gasteiger partial charge in [-0.1, -0.05) is 24.3 Å². The molecule has 33 heavy (non-hydrogen) atoms. The molecule has 0 radical (unpaired) electrons. The van der Waals surface area contributed by atoms with E-state index < -0.39 is 0 Å². The van der Waals surface area contributed by atoms with Crippen LogP contribution in [0.25, 0.3) is 10.2 Å². The Balaban J connectivity index is 1.29. The molecule has 1 saturated carbocycles. The number of nitrogens with two attached hydrogens (primary N) is 1. The summed E-state index contributed by atoms with van der Waals surface area (Å²) in [7, 11) is 2.20. The molecule has 6 heteroatoms. The van der Waals surface area contributed by atoms with Crippen molar-refractivity contribution in [2.75, 3.05) is 38.1 Å². The van der Waals surface area contributed by atoms with Crippen molar-refractivity contribution in [1.82, 2.24) is 9.88 Å². The number of rotatable bonds is 5. The first-order valence-corrected chi connectivity index (χ1v) is 13.2. The number of benzene rings is 2. The highest BCUT2D eigenvalue weighted by Crippen LogP contribution is 2.41. The van der Waals surface area contributed by atoms with Crippen LogP contribution in [-0.2, 0) is 4.74 Å². The molecule has 6 rings (SSSR count). The predicted molar refractivity (Wildman–Crippen MR) is 136 cm³/mol. The minimum absolute atomic E-state index is 0.119. The van der Waals surface area contributed by atoms with E-state index in [0.29, 0.717) is 6.04 Å². The lowest BCUT2D eigenvalue weighted by molar-refractivity contribution is -0.0234. The van der Waals surface area contributed by atoms with E-state index in [9.17, 15) is 0 Å². The van der Waals surface area contributed by atoms with Crippen molar-refractivity contribution in [1.29, 1.82) is 0 Å². The maximum atomic E-state index is 6.83. The van der Waals surface area contributed by atoms with Crippen molar-refractivity contribution in [3.05, 3.63) is 59.1 Å². The van der Waals surface area contributed by atoms with Crippen molar-refractivity contribution in [2.45, 2.75) is 43.9 Å². The molecule has 2 saturated heterocycles. The van der Waals surface area contributed by atoms with Gasteiger partial charge >= 0.3 is 0 Å². The van der Waals surface area contributed by atoms with Crippen LogP contribution in [0.15, 0.2) is 48.5 Å². The Morgan fingerprint density at radius 2 is 1.79 bits per heavy atom. The minimum Gasteiger partial charge on any atom is -0.371 e. The van der Waals surface area contributed by atoms with Crippen LogP contribution in [0.4, 0.5) is 5.69 Å². The summed E-state index contributed by atoms with van der Waals surface area (Å²) in [6.07, 6.45) is 4.66. The van der Waals surface area contributed by atoms with E-state index in [2.05, 4.69) is 65.4 Å². The van der Waals surface area contributed by atoms with Crippen LogP contribution < -0.4 is 10.6 Å². The van der Waals surface area contributed by atoms with Gasteiger partial charge in [-0.3, -0.25) is 0 Å². The third-order valence-electron chi connectivity index (χ3n) is 7.85. The summed E-state index contributed by atoms with van der Waals surface area (Å²) < 4.78 is 8.06. The summed E-state index contributed by atoms with van der Waals surface area (Å²) in [6, 6.07) is 17.9. The lowest BCUT2D eigenvalue weighted by Gasteiger charge is -2.31. The normalized spacial score (nSPS) is 27.3. The van der Waals surface area contributed by atoms with Crippen molar-refractivity contribution in [2.24, 2.45) is 17.6 Å². The lowest BCUT2D eigenvalue weighted by atomic mass is 10.0. The molecular weight excluding hydrogens is 428 g/mol. The van der Waals surface area contributed by atoms with Crippen molar-refractivity contribution < 1.29 is 4.74 Å². The van der Waals surface area contributed by atoms with E-state index in [1.807, 2.05) is 0 Å². The summed E-state index contributed by atoms with van der Waals surface area (Å²) in [4.78, 5) is 9.96. The molecule has 1 aromatic heterocycles. The number of likely N-dealkylation sites (tertiary alicyclic amines) is 1. The SMILES string of the molecule is CN1CCC(OC(c2cccc(N3CC4CC(N)CC4C3)c2)c2nc3ccccc3s2)CC1. The monoisotopic (exact) mass is 462 g/mol. The van der Waals surface area contributed by atoms with Crippen molar-refractivity contribution >= 4 is 27.2 Å². The van der Waals surface area contributed by atoms with Crippen LogP contribution in [-0.4, -0.2) is 55.3 Å². The van der Waals surface area contributed by atoms with Crippen LogP contribution in [0.2, 0.25) is 0 Å². The van der Waals surface area contributed by atoms with Gasteiger partial charge in [-0.25, -0.2) is 4.98 Å². The van der Waals surface area contributed by atoms with Crippen LogP contribution in [0, 0.1) is 11.8 Å². The first-order valence-electron chi connectivity index (χ1n) is 12.4. The fraction of sp³-hybridized carbons (Fsp3) is 0.519. The molecule has 2 N–H and O–H groups in total. The third kappa shape index (κ3) is 4.42. The van der Waals surface area contributed by atoms with Crippen molar-refractivity contribution in [3.8, 4) is 0 Å². The first kappa shape index (κ1) is 21.5. The zero-order valence-electron chi connectivity index (χ0n) is 19.4. The first-order chi connectivity index (χ1) is 16.1. The summed E-state index contributed by atoms with van der Waals surface area (Å²) in [5, 5.41) is 1.07. The molecule has 0 spiro atoms. The van der Waals surface area contributed by atoms with Gasteiger partial charge in [0.1, 0.15) is 11.1 Å².